The van der Waals surface area contributed by atoms with Gasteiger partial charge >= 0.3 is 5.97 Å². The number of aromatic nitrogens is 3. The number of aromatic carboxylic acids is 1. The molecule has 0 bridgehead atoms. The number of amides is 1. The lowest BCUT2D eigenvalue weighted by atomic mass is 9.82. The number of anilines is 1. The summed E-state index contributed by atoms with van der Waals surface area (Å²) in [4.78, 5) is 31.5. The molecule has 1 aliphatic carbocycles. The van der Waals surface area contributed by atoms with E-state index in [9.17, 15) is 14.7 Å². The van der Waals surface area contributed by atoms with Gasteiger partial charge in [-0.2, -0.15) is 0 Å². The van der Waals surface area contributed by atoms with Gasteiger partial charge in [0, 0.05) is 30.0 Å². The molecule has 184 valence electrons. The van der Waals surface area contributed by atoms with Crippen LogP contribution in [0.4, 0.5) is 5.82 Å². The molecule has 2 heterocycles. The minimum atomic E-state index is -1.09. The fourth-order valence-electron chi connectivity index (χ4n) is 4.77. The van der Waals surface area contributed by atoms with Crippen LogP contribution < -0.4 is 4.90 Å². The molecule has 3 aromatic rings. The number of carboxylic acids is 1. The van der Waals surface area contributed by atoms with Crippen molar-refractivity contribution in [3.8, 4) is 5.69 Å². The van der Waals surface area contributed by atoms with Gasteiger partial charge in [-0.25, -0.2) is 9.48 Å². The van der Waals surface area contributed by atoms with E-state index in [2.05, 4.69) is 17.0 Å². The highest BCUT2D eigenvalue weighted by Gasteiger charge is 2.34. The van der Waals surface area contributed by atoms with Crippen molar-refractivity contribution < 1.29 is 14.7 Å². The van der Waals surface area contributed by atoms with Crippen molar-refractivity contribution in [2.75, 3.05) is 4.90 Å². The first kappa shape index (κ1) is 24.6. The van der Waals surface area contributed by atoms with Crippen LogP contribution in [0, 0.1) is 11.8 Å². The maximum Gasteiger partial charge on any atom is 0.341 e. The summed E-state index contributed by atoms with van der Waals surface area (Å²) in [5.74, 6) is -0.347. The lowest BCUT2D eigenvalue weighted by Crippen LogP contribution is -2.43. The number of benzene rings is 1. The van der Waals surface area contributed by atoms with Crippen LogP contribution in [-0.2, 0) is 17.6 Å². The number of hydrogen-bond acceptors (Lipinski definition) is 4. The minimum absolute atomic E-state index is 0.0236. The maximum absolute atomic E-state index is 13.5. The zero-order chi connectivity index (χ0) is 24.9. The van der Waals surface area contributed by atoms with Crippen LogP contribution in [0.15, 0.2) is 54.9 Å². The van der Waals surface area contributed by atoms with Crippen LogP contribution in [0.2, 0.25) is 0 Å². The third-order valence-corrected chi connectivity index (χ3v) is 6.87. The van der Waals surface area contributed by atoms with Crippen molar-refractivity contribution in [1.82, 2.24) is 14.8 Å². The van der Waals surface area contributed by atoms with Gasteiger partial charge in [-0.3, -0.25) is 14.7 Å². The van der Waals surface area contributed by atoms with E-state index in [0.717, 1.165) is 55.5 Å². The smallest absolute Gasteiger partial charge is 0.341 e. The molecule has 35 heavy (non-hydrogen) atoms. The molecule has 0 radical (unpaired) electrons. The highest BCUT2D eigenvalue weighted by atomic mass is 16.4. The van der Waals surface area contributed by atoms with E-state index in [1.165, 1.54) is 6.20 Å². The number of rotatable bonds is 8. The van der Waals surface area contributed by atoms with Gasteiger partial charge in [0.1, 0.15) is 5.56 Å². The molecule has 7 nitrogen and oxygen atoms in total. The normalized spacial score (nSPS) is 17.9. The van der Waals surface area contributed by atoms with Crippen LogP contribution in [0.1, 0.15) is 68.1 Å². The fourth-order valence-corrected chi connectivity index (χ4v) is 4.77. The van der Waals surface area contributed by atoms with E-state index in [0.29, 0.717) is 5.92 Å². The molecule has 0 spiro atoms. The summed E-state index contributed by atoms with van der Waals surface area (Å²) < 4.78 is 1.56. The molecular formula is C28H34N4O3. The molecular weight excluding hydrogens is 440 g/mol. The molecule has 1 N–H and O–H groups in total. The van der Waals surface area contributed by atoms with Gasteiger partial charge in [-0.1, -0.05) is 25.1 Å². The Morgan fingerprint density at radius 3 is 2.37 bits per heavy atom. The highest BCUT2D eigenvalue weighted by molar-refractivity contribution is 6.01. The van der Waals surface area contributed by atoms with Crippen molar-refractivity contribution in [3.05, 3.63) is 71.7 Å². The van der Waals surface area contributed by atoms with Gasteiger partial charge in [-0.05, 0) is 88.1 Å². The standard InChI is InChI=1S/C28H34N4O3/c1-19(2)32(27(33)22-12-7-20(3)8-13-22)26-25(28(34)35)18-31(30-26)24-15-10-21(11-16-24)9-14-23-6-4-5-17-29-23/h4-6,10-11,15-20,22H,7-9,12-14H2,1-3H3,(H,34,35)/t20-,22-. The van der Waals surface area contributed by atoms with Crippen LogP contribution in [-0.4, -0.2) is 37.8 Å². The lowest BCUT2D eigenvalue weighted by Gasteiger charge is -2.32. The molecule has 7 heteroatoms. The summed E-state index contributed by atoms with van der Waals surface area (Å²) in [5.41, 5.74) is 3.00. The molecule has 1 fully saturated rings. The molecule has 1 amide bonds. The largest absolute Gasteiger partial charge is 0.477 e. The summed E-state index contributed by atoms with van der Waals surface area (Å²) >= 11 is 0. The molecule has 1 aliphatic rings. The summed E-state index contributed by atoms with van der Waals surface area (Å²) in [7, 11) is 0. The quantitative estimate of drug-likeness (QED) is 0.477. The summed E-state index contributed by atoms with van der Waals surface area (Å²) in [6.45, 7) is 6.03. The second kappa shape index (κ2) is 10.8. The molecule has 0 atom stereocenters. The highest BCUT2D eigenvalue weighted by Crippen LogP contribution is 2.32. The van der Waals surface area contributed by atoms with Crippen LogP contribution >= 0.6 is 0 Å². The summed E-state index contributed by atoms with van der Waals surface area (Å²) in [5, 5.41) is 14.5. The Bertz CT molecular complexity index is 1150. The number of pyridine rings is 1. The van der Waals surface area contributed by atoms with E-state index in [-0.39, 0.29) is 29.2 Å². The first-order valence-corrected chi connectivity index (χ1v) is 12.5. The summed E-state index contributed by atoms with van der Waals surface area (Å²) in [6, 6.07) is 13.6. The first-order valence-electron chi connectivity index (χ1n) is 12.5. The van der Waals surface area contributed by atoms with Crippen LogP contribution in [0.25, 0.3) is 5.69 Å². The minimum Gasteiger partial charge on any atom is -0.477 e. The Morgan fingerprint density at radius 1 is 1.06 bits per heavy atom. The molecule has 4 rings (SSSR count). The van der Waals surface area contributed by atoms with Gasteiger partial charge in [0.25, 0.3) is 0 Å². The van der Waals surface area contributed by atoms with Gasteiger partial charge < -0.3 is 5.11 Å². The summed E-state index contributed by atoms with van der Waals surface area (Å²) in [6.07, 6.45) is 8.74. The molecule has 2 aromatic heterocycles. The van der Waals surface area contributed by atoms with Crippen molar-refractivity contribution >= 4 is 17.7 Å². The number of carbonyl (C=O) groups excluding carboxylic acids is 1. The second-order valence-corrected chi connectivity index (χ2v) is 9.86. The van der Waals surface area contributed by atoms with Gasteiger partial charge in [0.15, 0.2) is 5.82 Å². The predicted molar refractivity (Wildman–Crippen MR) is 136 cm³/mol. The van der Waals surface area contributed by atoms with Crippen LogP contribution in [0.3, 0.4) is 0 Å². The zero-order valence-electron chi connectivity index (χ0n) is 20.7. The van der Waals surface area contributed by atoms with Crippen LogP contribution in [0.5, 0.6) is 0 Å². The first-order chi connectivity index (χ1) is 16.8. The van der Waals surface area contributed by atoms with E-state index < -0.39 is 5.97 Å². The SMILES string of the molecule is CC(C)N(c1nn(-c2ccc(CCc3ccccn3)cc2)cc1C(=O)O)C(=O)[C@H]1CC[C@H](C)CC1. The second-order valence-electron chi connectivity index (χ2n) is 9.86. The topological polar surface area (TPSA) is 88.3 Å². The Balaban J connectivity index is 1.56. The van der Waals surface area contributed by atoms with Gasteiger partial charge in [0.2, 0.25) is 5.91 Å². The Morgan fingerprint density at radius 2 is 1.77 bits per heavy atom. The predicted octanol–water partition coefficient (Wildman–Crippen LogP) is 5.32. The van der Waals surface area contributed by atoms with Crippen molar-refractivity contribution in [3.63, 3.8) is 0 Å². The van der Waals surface area contributed by atoms with E-state index in [1.807, 2.05) is 56.3 Å². The third-order valence-electron chi connectivity index (χ3n) is 6.87. The number of nitrogens with zero attached hydrogens (tertiary/aromatic N) is 4. The third kappa shape index (κ3) is 5.78. The molecule has 1 aromatic carbocycles. The Hall–Kier alpha value is -3.48. The van der Waals surface area contributed by atoms with Gasteiger partial charge in [-0.15, -0.1) is 5.10 Å². The number of carbonyl (C=O) groups is 2. The van der Waals surface area contributed by atoms with E-state index >= 15 is 0 Å². The molecule has 0 saturated heterocycles. The number of aryl methyl sites for hydroxylation is 2. The van der Waals surface area contributed by atoms with Crippen molar-refractivity contribution in [2.45, 2.75) is 65.3 Å². The Kier molecular flexibility index (Phi) is 7.63. The van der Waals surface area contributed by atoms with Crippen molar-refractivity contribution in [1.29, 1.82) is 0 Å². The number of hydrogen-bond donors (Lipinski definition) is 1. The monoisotopic (exact) mass is 474 g/mol. The van der Waals surface area contributed by atoms with Gasteiger partial charge in [0.05, 0.1) is 5.69 Å². The number of carboxylic acid groups (broad SMARTS) is 1. The fraction of sp³-hybridized carbons (Fsp3) is 0.429. The molecule has 1 saturated carbocycles. The van der Waals surface area contributed by atoms with E-state index in [1.54, 1.807) is 15.8 Å². The average Bonchev–Trinajstić information content (AvgIpc) is 3.29. The average molecular weight is 475 g/mol. The molecule has 0 aliphatic heterocycles. The zero-order valence-corrected chi connectivity index (χ0v) is 20.7. The Labute approximate surface area is 206 Å². The van der Waals surface area contributed by atoms with Crippen molar-refractivity contribution in [2.24, 2.45) is 11.8 Å². The lowest BCUT2D eigenvalue weighted by molar-refractivity contribution is -0.123. The maximum atomic E-state index is 13.5. The molecule has 0 unspecified atom stereocenters. The van der Waals surface area contributed by atoms with E-state index in [4.69, 9.17) is 0 Å².